The Morgan fingerprint density at radius 1 is 1.33 bits per heavy atom. The van der Waals surface area contributed by atoms with Crippen LogP contribution >= 0.6 is 0 Å². The van der Waals surface area contributed by atoms with Crippen molar-refractivity contribution >= 4 is 5.91 Å². The van der Waals surface area contributed by atoms with Crippen molar-refractivity contribution in [2.45, 2.75) is 45.1 Å². The van der Waals surface area contributed by atoms with Crippen molar-refractivity contribution in [3.05, 3.63) is 0 Å². The predicted octanol–water partition coefficient (Wildman–Crippen LogP) is 1.37. The standard InChI is InChI=1S/C12H22N2O/c1-9-3-2-6-14(8-9)12(15)10-4-5-11(13)7-10/h9-11H,2-8,13H2,1H3. The van der Waals surface area contributed by atoms with Crippen LogP contribution in [0.15, 0.2) is 0 Å². The van der Waals surface area contributed by atoms with E-state index in [0.717, 1.165) is 32.4 Å². The highest BCUT2D eigenvalue weighted by molar-refractivity contribution is 5.79. The molecule has 1 aliphatic heterocycles. The second-order valence-corrected chi connectivity index (χ2v) is 5.30. The predicted molar refractivity (Wildman–Crippen MR) is 60.3 cm³/mol. The number of carbonyl (C=O) groups excluding carboxylic acids is 1. The summed E-state index contributed by atoms with van der Waals surface area (Å²) in [6, 6.07) is 0.265. The first-order valence-electron chi connectivity index (χ1n) is 6.21. The molecule has 0 aromatic heterocycles. The van der Waals surface area contributed by atoms with Gasteiger partial charge in [-0.25, -0.2) is 0 Å². The molecule has 2 N–H and O–H groups in total. The van der Waals surface area contributed by atoms with Gasteiger partial charge < -0.3 is 10.6 Å². The van der Waals surface area contributed by atoms with Gasteiger partial charge in [0.1, 0.15) is 0 Å². The van der Waals surface area contributed by atoms with Crippen molar-refractivity contribution in [1.29, 1.82) is 0 Å². The number of carbonyl (C=O) groups is 1. The maximum Gasteiger partial charge on any atom is 0.225 e. The Kier molecular flexibility index (Phi) is 3.29. The molecule has 1 amide bonds. The molecule has 2 aliphatic rings. The number of hydrogen-bond acceptors (Lipinski definition) is 2. The first kappa shape index (κ1) is 10.9. The zero-order valence-corrected chi connectivity index (χ0v) is 9.61. The van der Waals surface area contributed by atoms with Crippen molar-refractivity contribution in [3.63, 3.8) is 0 Å². The fraction of sp³-hybridized carbons (Fsp3) is 0.917. The third-order valence-corrected chi connectivity index (χ3v) is 3.79. The molecular formula is C12H22N2O. The Morgan fingerprint density at radius 3 is 2.73 bits per heavy atom. The Bertz CT molecular complexity index is 242. The molecule has 1 saturated carbocycles. The Labute approximate surface area is 92.0 Å². The van der Waals surface area contributed by atoms with Crippen molar-refractivity contribution in [2.75, 3.05) is 13.1 Å². The van der Waals surface area contributed by atoms with Crippen molar-refractivity contribution in [3.8, 4) is 0 Å². The smallest absolute Gasteiger partial charge is 0.225 e. The number of nitrogens with two attached hydrogens (primary N) is 1. The van der Waals surface area contributed by atoms with Gasteiger partial charge in [-0.15, -0.1) is 0 Å². The fourth-order valence-corrected chi connectivity index (χ4v) is 2.89. The summed E-state index contributed by atoms with van der Waals surface area (Å²) < 4.78 is 0. The Balaban J connectivity index is 1.89. The summed E-state index contributed by atoms with van der Waals surface area (Å²) in [6.07, 6.45) is 5.38. The molecule has 86 valence electrons. The number of piperidine rings is 1. The quantitative estimate of drug-likeness (QED) is 0.710. The maximum atomic E-state index is 12.2. The minimum atomic E-state index is 0.227. The van der Waals surface area contributed by atoms with E-state index < -0.39 is 0 Å². The molecule has 0 radical (unpaired) electrons. The third kappa shape index (κ3) is 2.51. The van der Waals surface area contributed by atoms with Gasteiger partial charge >= 0.3 is 0 Å². The van der Waals surface area contributed by atoms with Crippen LogP contribution in [0.25, 0.3) is 0 Å². The highest BCUT2D eigenvalue weighted by atomic mass is 16.2. The first-order valence-corrected chi connectivity index (χ1v) is 6.21. The second kappa shape index (κ2) is 4.52. The van der Waals surface area contributed by atoms with Gasteiger partial charge in [0.2, 0.25) is 5.91 Å². The van der Waals surface area contributed by atoms with E-state index in [1.165, 1.54) is 12.8 Å². The van der Waals surface area contributed by atoms with Crippen molar-refractivity contribution in [2.24, 2.45) is 17.6 Å². The molecular weight excluding hydrogens is 188 g/mol. The lowest BCUT2D eigenvalue weighted by Gasteiger charge is -2.32. The number of nitrogens with zero attached hydrogens (tertiary/aromatic N) is 1. The molecule has 2 rings (SSSR count). The summed E-state index contributed by atoms with van der Waals surface area (Å²) in [5, 5.41) is 0. The van der Waals surface area contributed by atoms with E-state index in [1.807, 2.05) is 0 Å². The molecule has 0 aromatic carbocycles. The van der Waals surface area contributed by atoms with Crippen molar-refractivity contribution < 1.29 is 4.79 Å². The topological polar surface area (TPSA) is 46.3 Å². The molecule has 2 fully saturated rings. The SMILES string of the molecule is CC1CCCN(C(=O)C2CCC(N)C2)C1. The molecule has 0 bridgehead atoms. The van der Waals surface area contributed by atoms with Gasteiger partial charge in [0, 0.05) is 25.0 Å². The van der Waals surface area contributed by atoms with Crippen molar-refractivity contribution in [1.82, 2.24) is 4.90 Å². The van der Waals surface area contributed by atoms with E-state index in [9.17, 15) is 4.79 Å². The highest BCUT2D eigenvalue weighted by Crippen LogP contribution is 2.27. The van der Waals surface area contributed by atoms with E-state index >= 15 is 0 Å². The minimum Gasteiger partial charge on any atom is -0.342 e. The zero-order chi connectivity index (χ0) is 10.8. The molecule has 15 heavy (non-hydrogen) atoms. The van der Waals surface area contributed by atoms with Crippen LogP contribution in [0.5, 0.6) is 0 Å². The molecule has 3 nitrogen and oxygen atoms in total. The number of rotatable bonds is 1. The van der Waals surface area contributed by atoms with E-state index in [1.54, 1.807) is 0 Å². The first-order chi connectivity index (χ1) is 7.16. The molecule has 3 heteroatoms. The normalized spacial score (nSPS) is 36.9. The van der Waals surface area contributed by atoms with Crippen LogP contribution in [-0.2, 0) is 4.79 Å². The maximum absolute atomic E-state index is 12.2. The van der Waals surface area contributed by atoms with Gasteiger partial charge in [-0.05, 0) is 38.0 Å². The van der Waals surface area contributed by atoms with E-state index in [-0.39, 0.29) is 12.0 Å². The van der Waals surface area contributed by atoms with E-state index in [4.69, 9.17) is 5.73 Å². The average Bonchev–Trinajstić information content (AvgIpc) is 2.64. The van der Waals surface area contributed by atoms with Gasteiger partial charge in [0.05, 0.1) is 0 Å². The van der Waals surface area contributed by atoms with Gasteiger partial charge in [0.15, 0.2) is 0 Å². The number of amides is 1. The number of likely N-dealkylation sites (tertiary alicyclic amines) is 1. The third-order valence-electron chi connectivity index (χ3n) is 3.79. The highest BCUT2D eigenvalue weighted by Gasteiger charge is 2.32. The Hall–Kier alpha value is -0.570. The summed E-state index contributed by atoms with van der Waals surface area (Å²) in [5.41, 5.74) is 5.85. The lowest BCUT2D eigenvalue weighted by Crippen LogP contribution is -2.42. The van der Waals surface area contributed by atoms with Crippen LogP contribution in [0.2, 0.25) is 0 Å². The molecule has 0 spiro atoms. The average molecular weight is 210 g/mol. The van der Waals surface area contributed by atoms with Crippen LogP contribution in [0.3, 0.4) is 0 Å². The molecule has 1 heterocycles. The monoisotopic (exact) mass is 210 g/mol. The molecule has 1 saturated heterocycles. The van der Waals surface area contributed by atoms with E-state index in [0.29, 0.717) is 11.8 Å². The summed E-state index contributed by atoms with van der Waals surface area (Å²) in [5.74, 6) is 1.28. The summed E-state index contributed by atoms with van der Waals surface area (Å²) in [4.78, 5) is 14.2. The molecule has 3 atom stereocenters. The van der Waals surface area contributed by atoms with Gasteiger partial charge in [0.25, 0.3) is 0 Å². The fourth-order valence-electron chi connectivity index (χ4n) is 2.89. The van der Waals surface area contributed by atoms with Gasteiger partial charge in [-0.3, -0.25) is 4.79 Å². The summed E-state index contributed by atoms with van der Waals surface area (Å²) in [7, 11) is 0. The summed E-state index contributed by atoms with van der Waals surface area (Å²) >= 11 is 0. The lowest BCUT2D eigenvalue weighted by molar-refractivity contribution is -0.137. The van der Waals surface area contributed by atoms with Crippen LogP contribution in [-0.4, -0.2) is 29.9 Å². The zero-order valence-electron chi connectivity index (χ0n) is 9.61. The second-order valence-electron chi connectivity index (χ2n) is 5.30. The van der Waals surface area contributed by atoms with Gasteiger partial charge in [-0.1, -0.05) is 6.92 Å². The van der Waals surface area contributed by atoms with Gasteiger partial charge in [-0.2, -0.15) is 0 Å². The molecule has 1 aliphatic carbocycles. The Morgan fingerprint density at radius 2 is 2.13 bits per heavy atom. The van der Waals surface area contributed by atoms with E-state index in [2.05, 4.69) is 11.8 Å². The summed E-state index contributed by atoms with van der Waals surface area (Å²) in [6.45, 7) is 4.17. The largest absolute Gasteiger partial charge is 0.342 e. The molecule has 3 unspecified atom stereocenters. The van der Waals surface area contributed by atoms with Crippen LogP contribution in [0, 0.1) is 11.8 Å². The lowest BCUT2D eigenvalue weighted by atomic mass is 9.98. The van der Waals surface area contributed by atoms with Crippen LogP contribution in [0.1, 0.15) is 39.0 Å². The number of hydrogen-bond donors (Lipinski definition) is 1. The van der Waals surface area contributed by atoms with Crippen LogP contribution < -0.4 is 5.73 Å². The van der Waals surface area contributed by atoms with Crippen LogP contribution in [0.4, 0.5) is 0 Å². The molecule has 0 aromatic rings. The minimum absolute atomic E-state index is 0.227.